The molecule has 0 fully saturated rings. The molecule has 1 unspecified atom stereocenters. The van der Waals surface area contributed by atoms with E-state index in [2.05, 4.69) is 24.8 Å². The number of amides is 1. The molecule has 3 heteroatoms. The first-order chi connectivity index (χ1) is 14.8. The smallest absolute Gasteiger partial charge is 0.267 e. The first-order valence-electron chi connectivity index (χ1n) is 9.93. The van der Waals surface area contributed by atoms with E-state index in [0.717, 1.165) is 21.9 Å². The van der Waals surface area contributed by atoms with Crippen LogP contribution < -0.4 is 0 Å². The van der Waals surface area contributed by atoms with E-state index < -0.39 is 6.04 Å². The normalized spacial score (nSPS) is 11.7. The van der Waals surface area contributed by atoms with Crippen LogP contribution in [-0.2, 0) is 11.4 Å². The van der Waals surface area contributed by atoms with Crippen LogP contribution in [0.2, 0.25) is 0 Å². The Morgan fingerprint density at radius 3 is 2.20 bits per heavy atom. The van der Waals surface area contributed by atoms with Gasteiger partial charge in [-0.15, -0.1) is 6.58 Å². The van der Waals surface area contributed by atoms with Crippen molar-refractivity contribution < 1.29 is 9.63 Å². The molecule has 0 aliphatic rings. The molecule has 0 aromatic heterocycles. The molecule has 0 radical (unpaired) electrons. The predicted molar refractivity (Wildman–Crippen MR) is 121 cm³/mol. The summed E-state index contributed by atoms with van der Waals surface area (Å²) in [7, 11) is 0. The Bertz CT molecular complexity index is 1130. The number of carbonyl (C=O) groups is 1. The molecule has 148 valence electrons. The number of benzene rings is 4. The second-order valence-electron chi connectivity index (χ2n) is 7.00. The van der Waals surface area contributed by atoms with Gasteiger partial charge in [-0.3, -0.25) is 9.63 Å². The zero-order valence-electron chi connectivity index (χ0n) is 16.6. The van der Waals surface area contributed by atoms with Crippen LogP contribution in [0.15, 0.2) is 116 Å². The average molecular weight is 393 g/mol. The summed E-state index contributed by atoms with van der Waals surface area (Å²) >= 11 is 0. The molecule has 0 saturated heterocycles. The lowest BCUT2D eigenvalue weighted by Crippen LogP contribution is -2.34. The maximum Gasteiger partial charge on any atom is 0.278 e. The summed E-state index contributed by atoms with van der Waals surface area (Å²) < 4.78 is 0. The van der Waals surface area contributed by atoms with Crippen molar-refractivity contribution in [1.82, 2.24) is 5.06 Å². The molecule has 4 aromatic rings. The van der Waals surface area contributed by atoms with Gasteiger partial charge in [0.25, 0.3) is 5.91 Å². The van der Waals surface area contributed by atoms with Gasteiger partial charge >= 0.3 is 0 Å². The van der Waals surface area contributed by atoms with Gasteiger partial charge in [-0.2, -0.15) is 0 Å². The standard InChI is InChI=1S/C27H23NO2/c1-2-26(25-19-11-17-22-14-9-10-18-24(22)25)28(27(29)23-15-7-4-8-16-23)30-20-21-12-5-3-6-13-21/h2-19,26H,1,20H2. The second-order valence-corrected chi connectivity index (χ2v) is 7.00. The number of carbonyl (C=O) groups excluding carboxylic acids is 1. The predicted octanol–water partition coefficient (Wildman–Crippen LogP) is 6.34. The van der Waals surface area contributed by atoms with Crippen LogP contribution in [0.1, 0.15) is 27.5 Å². The summed E-state index contributed by atoms with van der Waals surface area (Å²) in [4.78, 5) is 19.5. The number of rotatable bonds is 7. The van der Waals surface area contributed by atoms with Crippen LogP contribution in [0, 0.1) is 0 Å². The molecule has 4 aromatic carbocycles. The van der Waals surface area contributed by atoms with E-state index in [1.54, 1.807) is 18.2 Å². The summed E-state index contributed by atoms with van der Waals surface area (Å²) in [5.74, 6) is -0.204. The Morgan fingerprint density at radius 1 is 0.833 bits per heavy atom. The van der Waals surface area contributed by atoms with Crippen molar-refractivity contribution >= 4 is 16.7 Å². The molecule has 0 N–H and O–H groups in total. The second kappa shape index (κ2) is 9.21. The average Bonchev–Trinajstić information content (AvgIpc) is 2.82. The lowest BCUT2D eigenvalue weighted by molar-refractivity contribution is -0.150. The molecule has 1 atom stereocenters. The molecular weight excluding hydrogens is 370 g/mol. The fraction of sp³-hybridized carbons (Fsp3) is 0.0741. The molecular formula is C27H23NO2. The Labute approximate surface area is 176 Å². The van der Waals surface area contributed by atoms with E-state index in [1.807, 2.05) is 72.8 Å². The van der Waals surface area contributed by atoms with Crippen LogP contribution >= 0.6 is 0 Å². The van der Waals surface area contributed by atoms with Gasteiger partial charge in [0.1, 0.15) is 12.6 Å². The zero-order chi connectivity index (χ0) is 20.8. The highest BCUT2D eigenvalue weighted by molar-refractivity contribution is 5.94. The molecule has 0 spiro atoms. The first kappa shape index (κ1) is 19.6. The first-order valence-corrected chi connectivity index (χ1v) is 9.93. The Hall–Kier alpha value is -3.69. The van der Waals surface area contributed by atoms with Crippen molar-refractivity contribution in [2.24, 2.45) is 0 Å². The minimum Gasteiger partial charge on any atom is -0.267 e. The molecule has 0 heterocycles. The maximum atomic E-state index is 13.4. The van der Waals surface area contributed by atoms with Crippen molar-refractivity contribution in [3.05, 3.63) is 132 Å². The number of nitrogens with zero attached hydrogens (tertiary/aromatic N) is 1. The van der Waals surface area contributed by atoms with E-state index in [1.165, 1.54) is 5.06 Å². The van der Waals surface area contributed by atoms with Crippen molar-refractivity contribution in [2.75, 3.05) is 0 Å². The van der Waals surface area contributed by atoms with Crippen molar-refractivity contribution in [1.29, 1.82) is 0 Å². The Balaban J connectivity index is 1.74. The lowest BCUT2D eigenvalue weighted by atomic mass is 9.98. The van der Waals surface area contributed by atoms with Gasteiger partial charge < -0.3 is 0 Å². The summed E-state index contributed by atoms with van der Waals surface area (Å²) in [6, 6.07) is 32.8. The van der Waals surface area contributed by atoms with Gasteiger partial charge in [-0.05, 0) is 34.0 Å². The SMILES string of the molecule is C=CC(c1cccc2ccccc12)N(OCc1ccccc1)C(=O)c1ccccc1. The molecule has 0 aliphatic carbocycles. The van der Waals surface area contributed by atoms with Crippen LogP contribution in [0.5, 0.6) is 0 Å². The third kappa shape index (κ3) is 4.17. The minimum absolute atomic E-state index is 0.204. The third-order valence-electron chi connectivity index (χ3n) is 5.05. The van der Waals surface area contributed by atoms with Crippen molar-refractivity contribution in [3.63, 3.8) is 0 Å². The van der Waals surface area contributed by atoms with E-state index in [4.69, 9.17) is 4.84 Å². The summed E-state index contributed by atoms with van der Waals surface area (Å²) in [6.45, 7) is 4.31. The number of hydroxylamine groups is 2. The number of fused-ring (bicyclic) bond motifs is 1. The topological polar surface area (TPSA) is 29.5 Å². The maximum absolute atomic E-state index is 13.4. The van der Waals surface area contributed by atoms with Gasteiger partial charge in [0.05, 0.1) is 0 Å². The molecule has 30 heavy (non-hydrogen) atoms. The van der Waals surface area contributed by atoms with E-state index in [0.29, 0.717) is 5.56 Å². The van der Waals surface area contributed by atoms with Gasteiger partial charge in [-0.1, -0.05) is 97.1 Å². The summed E-state index contributed by atoms with van der Waals surface area (Å²) in [6.07, 6.45) is 1.76. The van der Waals surface area contributed by atoms with Gasteiger partial charge in [-0.25, -0.2) is 5.06 Å². The minimum atomic E-state index is -0.437. The monoisotopic (exact) mass is 393 g/mol. The number of hydrogen-bond acceptors (Lipinski definition) is 2. The molecule has 0 bridgehead atoms. The molecule has 1 amide bonds. The van der Waals surface area contributed by atoms with Crippen molar-refractivity contribution in [3.8, 4) is 0 Å². The van der Waals surface area contributed by atoms with Crippen LogP contribution in [0.25, 0.3) is 10.8 Å². The summed E-state index contributed by atoms with van der Waals surface area (Å²) in [5.41, 5.74) is 2.53. The van der Waals surface area contributed by atoms with Gasteiger partial charge in [0, 0.05) is 5.56 Å². The van der Waals surface area contributed by atoms with E-state index in [9.17, 15) is 4.79 Å². The Morgan fingerprint density at radius 2 is 1.47 bits per heavy atom. The van der Waals surface area contributed by atoms with Crippen molar-refractivity contribution in [2.45, 2.75) is 12.6 Å². The fourth-order valence-corrected chi connectivity index (χ4v) is 3.55. The van der Waals surface area contributed by atoms with E-state index >= 15 is 0 Å². The van der Waals surface area contributed by atoms with E-state index in [-0.39, 0.29) is 12.5 Å². The highest BCUT2D eigenvalue weighted by Gasteiger charge is 2.26. The lowest BCUT2D eigenvalue weighted by Gasteiger charge is -2.30. The molecule has 3 nitrogen and oxygen atoms in total. The quantitative estimate of drug-likeness (QED) is 0.271. The van der Waals surface area contributed by atoms with Crippen LogP contribution in [-0.4, -0.2) is 11.0 Å². The zero-order valence-corrected chi connectivity index (χ0v) is 16.6. The summed E-state index contributed by atoms with van der Waals surface area (Å²) in [5, 5.41) is 3.62. The highest BCUT2D eigenvalue weighted by Crippen LogP contribution is 2.31. The highest BCUT2D eigenvalue weighted by atomic mass is 16.7. The van der Waals surface area contributed by atoms with Gasteiger partial charge in [0.15, 0.2) is 0 Å². The Kier molecular flexibility index (Phi) is 6.02. The fourth-order valence-electron chi connectivity index (χ4n) is 3.55. The molecule has 4 rings (SSSR count). The number of hydrogen-bond donors (Lipinski definition) is 0. The van der Waals surface area contributed by atoms with Crippen LogP contribution in [0.3, 0.4) is 0 Å². The molecule has 0 aliphatic heterocycles. The molecule has 0 saturated carbocycles. The van der Waals surface area contributed by atoms with Gasteiger partial charge in [0.2, 0.25) is 0 Å². The third-order valence-corrected chi connectivity index (χ3v) is 5.05. The van der Waals surface area contributed by atoms with Crippen LogP contribution in [0.4, 0.5) is 0 Å². The largest absolute Gasteiger partial charge is 0.278 e.